The number of pyridine rings is 1. The van der Waals surface area contributed by atoms with Gasteiger partial charge in [0.05, 0.1) is 14.4 Å². The third-order valence-electron chi connectivity index (χ3n) is 1.92. The molecule has 1 radical (unpaired) electrons. The minimum absolute atomic E-state index is 0. The smallest absolute Gasteiger partial charge is 0.320 e. The summed E-state index contributed by atoms with van der Waals surface area (Å²) in [7, 11) is 1.79. The first-order valence-corrected chi connectivity index (χ1v) is 4.70. The van der Waals surface area contributed by atoms with Crippen LogP contribution in [0.4, 0.5) is 5.69 Å². The Morgan fingerprint density at radius 3 is 2.61 bits per heavy atom. The van der Waals surface area contributed by atoms with Gasteiger partial charge in [0.25, 0.3) is 5.97 Å². The second-order valence-corrected chi connectivity index (χ2v) is 3.25. The van der Waals surface area contributed by atoms with Gasteiger partial charge in [-0.25, -0.2) is 0 Å². The van der Waals surface area contributed by atoms with Gasteiger partial charge in [-0.3, -0.25) is 14.9 Å². The van der Waals surface area contributed by atoms with Crippen LogP contribution >= 0.6 is 9.47 Å². The monoisotopic (exact) mass is 348 g/mol. The second-order valence-electron chi connectivity index (χ2n) is 3.02. The van der Waals surface area contributed by atoms with E-state index in [0.29, 0.717) is 11.1 Å². The van der Waals surface area contributed by atoms with Crippen molar-refractivity contribution in [2.45, 2.75) is 6.92 Å². The van der Waals surface area contributed by atoms with Crippen LogP contribution in [0.5, 0.6) is 5.75 Å². The zero-order valence-electron chi connectivity index (χ0n) is 9.19. The van der Waals surface area contributed by atoms with Crippen molar-refractivity contribution in [2.24, 2.45) is 0 Å². The predicted molar refractivity (Wildman–Crippen MR) is 59.8 cm³/mol. The minimum Gasteiger partial charge on any atom is -0.486 e. The van der Waals surface area contributed by atoms with Crippen molar-refractivity contribution in [1.82, 2.24) is 4.57 Å². The maximum Gasteiger partial charge on any atom is 0.320 e. The first-order chi connectivity index (χ1) is 7.88. The summed E-state index contributed by atoms with van der Waals surface area (Å²) in [4.78, 5) is 31.9. The van der Waals surface area contributed by atoms with E-state index in [4.69, 9.17) is 5.11 Å². The van der Waals surface area contributed by atoms with E-state index in [-0.39, 0.29) is 44.2 Å². The van der Waals surface area contributed by atoms with Crippen molar-refractivity contribution in [3.05, 3.63) is 38.8 Å². The van der Waals surface area contributed by atoms with Gasteiger partial charge in [-0.2, -0.15) is 0 Å². The standard InChI is InChI=1S/C8H8N2O6P.Y/c1-4-2-5(16-17)7(10(14)15)8(13)9(4)3-6(11)12;/h2-3H,17H2,1H3,(H,11,12);/q-1;. The molecule has 1 heterocycles. The van der Waals surface area contributed by atoms with Crippen LogP contribution in [0.25, 0.3) is 0 Å². The van der Waals surface area contributed by atoms with Gasteiger partial charge in [0.2, 0.25) is 5.56 Å². The molecule has 95 valence electrons. The topological polar surface area (TPSA) is 112 Å². The molecular formula is C8H8N2O6PY-. The minimum atomic E-state index is -1.39. The van der Waals surface area contributed by atoms with Crippen molar-refractivity contribution < 1.29 is 52.1 Å². The van der Waals surface area contributed by atoms with Crippen LogP contribution < -0.4 is 10.1 Å². The van der Waals surface area contributed by atoms with Crippen molar-refractivity contribution in [2.75, 3.05) is 0 Å². The molecule has 8 nitrogen and oxygen atoms in total. The van der Waals surface area contributed by atoms with E-state index in [0.717, 1.165) is 0 Å². The molecule has 1 atom stereocenters. The zero-order chi connectivity index (χ0) is 13.2. The summed E-state index contributed by atoms with van der Waals surface area (Å²) in [6.07, 6.45) is 0. The van der Waals surface area contributed by atoms with Gasteiger partial charge in [0, 0.05) is 32.7 Å². The van der Waals surface area contributed by atoms with Gasteiger partial charge in [-0.1, -0.05) is 12.6 Å². The Morgan fingerprint density at radius 2 is 2.22 bits per heavy atom. The predicted octanol–water partition coefficient (Wildman–Crippen LogP) is 0.326. The number of carboxylic acid groups (broad SMARTS) is 1. The SMILES string of the molecule is Cc1cc(OP)c([N+](=O)[O-])c(=O)n1[CH-]C(=O)O.[Y]. The Morgan fingerprint density at radius 1 is 1.67 bits per heavy atom. The molecule has 0 spiro atoms. The maximum atomic E-state index is 11.7. The summed E-state index contributed by atoms with van der Waals surface area (Å²) in [5, 5.41) is 19.2. The number of aliphatic carboxylic acids is 1. The van der Waals surface area contributed by atoms with Crippen LogP contribution in [0.2, 0.25) is 0 Å². The molecule has 10 heteroatoms. The molecule has 1 unspecified atom stereocenters. The van der Waals surface area contributed by atoms with E-state index in [1.165, 1.54) is 13.0 Å². The fourth-order valence-electron chi connectivity index (χ4n) is 1.24. The van der Waals surface area contributed by atoms with Crippen molar-refractivity contribution in [1.29, 1.82) is 0 Å². The summed E-state index contributed by atoms with van der Waals surface area (Å²) in [5.74, 6) is -1.62. The van der Waals surface area contributed by atoms with E-state index in [1.54, 1.807) is 9.47 Å². The van der Waals surface area contributed by atoms with E-state index < -0.39 is 22.1 Å². The number of nitrogens with zero attached hydrogens (tertiary/aromatic N) is 2. The molecule has 0 saturated heterocycles. The molecule has 0 aliphatic carbocycles. The summed E-state index contributed by atoms with van der Waals surface area (Å²) < 4.78 is 5.30. The van der Waals surface area contributed by atoms with Crippen molar-refractivity contribution in [3.63, 3.8) is 0 Å². The van der Waals surface area contributed by atoms with Crippen LogP contribution in [-0.4, -0.2) is 20.6 Å². The third-order valence-corrected chi connectivity index (χ3v) is 2.18. The molecule has 1 aromatic heterocycles. The van der Waals surface area contributed by atoms with Gasteiger partial charge >= 0.3 is 5.69 Å². The molecule has 1 N–H and O–H groups in total. The molecule has 0 aromatic carbocycles. The van der Waals surface area contributed by atoms with Gasteiger partial charge in [0.1, 0.15) is 0 Å². The van der Waals surface area contributed by atoms with Crippen LogP contribution in [-0.2, 0) is 37.5 Å². The van der Waals surface area contributed by atoms with Crippen molar-refractivity contribution in [3.8, 4) is 5.75 Å². The Bertz CT molecular complexity index is 543. The normalized spacial score (nSPS) is 9.22. The number of hydrogen-bond donors (Lipinski definition) is 1. The molecule has 0 amide bonds. The fraction of sp³-hybridized carbons (Fsp3) is 0.125. The van der Waals surface area contributed by atoms with Crippen LogP contribution in [0.1, 0.15) is 5.69 Å². The Labute approximate surface area is 129 Å². The zero-order valence-corrected chi connectivity index (χ0v) is 13.2. The van der Waals surface area contributed by atoms with E-state index in [2.05, 4.69) is 4.52 Å². The number of hydrogen-bond acceptors (Lipinski definition) is 5. The summed E-state index contributed by atoms with van der Waals surface area (Å²) in [5.41, 5.74) is -1.67. The molecule has 0 fully saturated rings. The average molecular weight is 348 g/mol. The van der Waals surface area contributed by atoms with Gasteiger partial charge in [-0.05, 0) is 12.6 Å². The summed E-state index contributed by atoms with van der Waals surface area (Å²) in [6.45, 7) is 1.98. The van der Waals surface area contributed by atoms with Crippen LogP contribution in [0.3, 0.4) is 0 Å². The number of aryl methyl sites for hydroxylation is 1. The first-order valence-electron chi connectivity index (χ1n) is 4.23. The third kappa shape index (κ3) is 3.51. The number of rotatable bonds is 4. The van der Waals surface area contributed by atoms with Crippen LogP contribution in [0.15, 0.2) is 10.9 Å². The molecule has 0 saturated carbocycles. The van der Waals surface area contributed by atoms with E-state index >= 15 is 0 Å². The number of nitro groups is 1. The van der Waals surface area contributed by atoms with E-state index in [1.807, 2.05) is 0 Å². The number of carbonyl (C=O) groups is 1. The summed E-state index contributed by atoms with van der Waals surface area (Å²) >= 11 is 0. The number of carboxylic acids is 1. The molecule has 1 aromatic rings. The average Bonchev–Trinajstić information content (AvgIpc) is 2.22. The molecular weight excluding hydrogens is 340 g/mol. The molecule has 0 bridgehead atoms. The van der Waals surface area contributed by atoms with Gasteiger partial charge < -0.3 is 19.0 Å². The Hall–Kier alpha value is -0.976. The quantitative estimate of drug-likeness (QED) is 0.363. The van der Waals surface area contributed by atoms with E-state index in [9.17, 15) is 19.7 Å². The van der Waals surface area contributed by atoms with Gasteiger partial charge in [0.15, 0.2) is 5.75 Å². The molecule has 0 aliphatic heterocycles. The Balaban J connectivity index is 0.00000289. The second kappa shape index (κ2) is 6.82. The van der Waals surface area contributed by atoms with Crippen molar-refractivity contribution >= 4 is 21.1 Å². The Kier molecular flexibility index (Phi) is 6.45. The van der Waals surface area contributed by atoms with Gasteiger partial charge in [-0.15, -0.1) is 0 Å². The first kappa shape index (κ1) is 17.0. The molecule has 18 heavy (non-hydrogen) atoms. The fourth-order valence-corrected chi connectivity index (χ4v) is 1.42. The van der Waals surface area contributed by atoms with Crippen LogP contribution in [0, 0.1) is 23.6 Å². The molecule has 0 aliphatic rings. The molecule has 1 rings (SSSR count). The number of aromatic nitrogens is 1. The maximum absolute atomic E-state index is 11.7. The summed E-state index contributed by atoms with van der Waals surface area (Å²) in [6, 6.07) is 1.20. The largest absolute Gasteiger partial charge is 0.486 e.